The Balaban J connectivity index is 1.82. The molecule has 0 aliphatic heterocycles. The molecule has 0 heterocycles. The van der Waals surface area contributed by atoms with Crippen LogP contribution in [0.2, 0.25) is 10.0 Å². The molecular formula is C28H20Cl2O5. The minimum absolute atomic E-state index is 0.0388. The number of halogens is 2. The van der Waals surface area contributed by atoms with E-state index in [4.69, 9.17) is 32.7 Å². The number of carboxylic acid groups (broad SMARTS) is 1. The Kier molecular flexibility index (Phi) is 7.70. The van der Waals surface area contributed by atoms with Gasteiger partial charge in [0, 0.05) is 0 Å². The maximum Gasteiger partial charge on any atom is 0.335 e. The summed E-state index contributed by atoms with van der Waals surface area (Å²) in [7, 11) is 0. The molecule has 0 saturated heterocycles. The molecule has 4 rings (SSSR count). The molecule has 0 amide bonds. The van der Waals surface area contributed by atoms with Crippen molar-refractivity contribution in [3.05, 3.63) is 129 Å². The molecule has 1 N–H and O–H groups in total. The van der Waals surface area contributed by atoms with Crippen molar-refractivity contribution in [2.75, 3.05) is 0 Å². The molecule has 5 nitrogen and oxygen atoms in total. The maximum atomic E-state index is 13.8. The Labute approximate surface area is 212 Å². The van der Waals surface area contributed by atoms with Crippen LogP contribution in [0.3, 0.4) is 0 Å². The zero-order valence-electron chi connectivity index (χ0n) is 18.4. The zero-order chi connectivity index (χ0) is 24.8. The van der Waals surface area contributed by atoms with Crippen LogP contribution in [0.1, 0.15) is 37.4 Å². The molecule has 0 bridgehead atoms. The molecule has 0 aliphatic rings. The van der Waals surface area contributed by atoms with Crippen LogP contribution in [0, 0.1) is 0 Å². The van der Waals surface area contributed by atoms with E-state index in [-0.39, 0.29) is 51.4 Å². The molecule has 4 aromatic rings. The Hall–Kier alpha value is -3.80. The summed E-state index contributed by atoms with van der Waals surface area (Å²) in [6, 6.07) is 26.0. The third-order valence-corrected chi connectivity index (χ3v) is 5.83. The molecular weight excluding hydrogens is 487 g/mol. The SMILES string of the molecule is O=C(O)c1cc(OCc2ccccc2)c(C(=O)c2c(Cl)cccc2Cl)c(OCc2ccccc2)c1. The first-order valence-electron chi connectivity index (χ1n) is 10.7. The number of ketones is 1. The molecule has 0 fully saturated rings. The van der Waals surface area contributed by atoms with Gasteiger partial charge in [0.2, 0.25) is 5.78 Å². The van der Waals surface area contributed by atoms with Gasteiger partial charge in [-0.3, -0.25) is 4.79 Å². The van der Waals surface area contributed by atoms with Crippen molar-refractivity contribution in [2.45, 2.75) is 13.2 Å². The van der Waals surface area contributed by atoms with Crippen LogP contribution in [0.4, 0.5) is 0 Å². The molecule has 0 aromatic heterocycles. The third kappa shape index (κ3) is 5.83. The number of benzene rings is 4. The number of hydrogen-bond donors (Lipinski definition) is 1. The van der Waals surface area contributed by atoms with Gasteiger partial charge < -0.3 is 14.6 Å². The van der Waals surface area contributed by atoms with Crippen LogP contribution in [0.25, 0.3) is 0 Å². The van der Waals surface area contributed by atoms with Crippen LogP contribution in [-0.2, 0) is 13.2 Å². The largest absolute Gasteiger partial charge is 0.488 e. The second-order valence-electron chi connectivity index (χ2n) is 7.63. The van der Waals surface area contributed by atoms with Crippen LogP contribution >= 0.6 is 23.2 Å². The van der Waals surface area contributed by atoms with Gasteiger partial charge in [0.15, 0.2) is 0 Å². The smallest absolute Gasteiger partial charge is 0.335 e. The van der Waals surface area contributed by atoms with Crippen molar-refractivity contribution in [1.82, 2.24) is 0 Å². The van der Waals surface area contributed by atoms with Crippen molar-refractivity contribution in [2.24, 2.45) is 0 Å². The highest BCUT2D eigenvalue weighted by Crippen LogP contribution is 2.37. The van der Waals surface area contributed by atoms with E-state index in [1.165, 1.54) is 12.1 Å². The van der Waals surface area contributed by atoms with Crippen molar-refractivity contribution in [3.8, 4) is 11.5 Å². The summed E-state index contributed by atoms with van der Waals surface area (Å²) in [6.45, 7) is 0.219. The van der Waals surface area contributed by atoms with Crippen molar-refractivity contribution in [1.29, 1.82) is 0 Å². The fourth-order valence-electron chi connectivity index (χ4n) is 3.48. The van der Waals surface area contributed by atoms with Crippen molar-refractivity contribution < 1.29 is 24.2 Å². The molecule has 0 aliphatic carbocycles. The third-order valence-electron chi connectivity index (χ3n) is 5.20. The summed E-state index contributed by atoms with van der Waals surface area (Å²) < 4.78 is 12.0. The molecule has 4 aromatic carbocycles. The predicted octanol–water partition coefficient (Wildman–Crippen LogP) is 7.08. The highest BCUT2D eigenvalue weighted by molar-refractivity contribution is 6.41. The number of carbonyl (C=O) groups excluding carboxylic acids is 1. The first-order chi connectivity index (χ1) is 16.9. The standard InChI is InChI=1S/C28H20Cl2O5/c29-21-12-7-13-22(30)25(21)27(31)26-23(34-16-18-8-3-1-4-9-18)14-20(28(32)33)15-24(26)35-17-19-10-5-2-6-11-19/h1-15H,16-17H2,(H,32,33). The molecule has 0 spiro atoms. The molecule has 0 unspecified atom stereocenters. The normalized spacial score (nSPS) is 10.6. The van der Waals surface area contributed by atoms with Crippen molar-refractivity contribution >= 4 is 35.0 Å². The minimum Gasteiger partial charge on any atom is -0.488 e. The van der Waals surface area contributed by atoms with E-state index in [1.54, 1.807) is 18.2 Å². The summed E-state index contributed by atoms with van der Waals surface area (Å²) in [5.74, 6) is -1.62. The second-order valence-corrected chi connectivity index (χ2v) is 8.44. The lowest BCUT2D eigenvalue weighted by Gasteiger charge is -2.18. The topological polar surface area (TPSA) is 72.8 Å². The fraction of sp³-hybridized carbons (Fsp3) is 0.0714. The van der Waals surface area contributed by atoms with E-state index in [0.29, 0.717) is 0 Å². The number of ether oxygens (including phenoxy) is 2. The van der Waals surface area contributed by atoms with Gasteiger partial charge >= 0.3 is 5.97 Å². The first kappa shape index (κ1) is 24.3. The van der Waals surface area contributed by atoms with Gasteiger partial charge in [-0.1, -0.05) is 89.9 Å². The lowest BCUT2D eigenvalue weighted by molar-refractivity contribution is 0.0695. The van der Waals surface area contributed by atoms with E-state index < -0.39 is 11.8 Å². The van der Waals surface area contributed by atoms with Gasteiger partial charge in [-0.25, -0.2) is 4.79 Å². The molecule has 35 heavy (non-hydrogen) atoms. The lowest BCUT2D eigenvalue weighted by atomic mass is 9.99. The average molecular weight is 507 g/mol. The van der Waals surface area contributed by atoms with Gasteiger partial charge in [-0.2, -0.15) is 0 Å². The molecule has 7 heteroatoms. The Bertz CT molecular complexity index is 1270. The molecule has 0 radical (unpaired) electrons. The van der Waals surface area contributed by atoms with Gasteiger partial charge in [-0.05, 0) is 35.4 Å². The number of carboxylic acids is 1. The fourth-order valence-corrected chi connectivity index (χ4v) is 4.04. The van der Waals surface area contributed by atoms with Crippen molar-refractivity contribution in [3.63, 3.8) is 0 Å². The van der Waals surface area contributed by atoms with E-state index in [0.717, 1.165) is 11.1 Å². The van der Waals surface area contributed by atoms with E-state index in [1.807, 2.05) is 60.7 Å². The summed E-state index contributed by atoms with van der Waals surface area (Å²) >= 11 is 12.7. The van der Waals surface area contributed by atoms with Crippen LogP contribution in [0.15, 0.2) is 91.0 Å². The maximum absolute atomic E-state index is 13.8. The summed E-state index contributed by atoms with van der Waals surface area (Å²) in [6.07, 6.45) is 0. The Morgan fingerprint density at radius 1 is 0.657 bits per heavy atom. The summed E-state index contributed by atoms with van der Waals surface area (Å²) in [5.41, 5.74) is 1.71. The Morgan fingerprint density at radius 2 is 1.11 bits per heavy atom. The molecule has 0 saturated carbocycles. The summed E-state index contributed by atoms with van der Waals surface area (Å²) in [5, 5.41) is 10.0. The Morgan fingerprint density at radius 3 is 1.54 bits per heavy atom. The van der Waals surface area contributed by atoms with Gasteiger partial charge in [0.25, 0.3) is 0 Å². The van der Waals surface area contributed by atoms with Crippen LogP contribution in [-0.4, -0.2) is 16.9 Å². The monoisotopic (exact) mass is 506 g/mol. The summed E-state index contributed by atoms with van der Waals surface area (Å²) in [4.78, 5) is 25.6. The first-order valence-corrected chi connectivity index (χ1v) is 11.4. The second kappa shape index (κ2) is 11.1. The van der Waals surface area contributed by atoms with Gasteiger partial charge in [-0.15, -0.1) is 0 Å². The van der Waals surface area contributed by atoms with Gasteiger partial charge in [0.05, 0.1) is 21.2 Å². The highest BCUT2D eigenvalue weighted by Gasteiger charge is 2.27. The number of aromatic carboxylic acids is 1. The molecule has 176 valence electrons. The number of rotatable bonds is 9. The average Bonchev–Trinajstić information content (AvgIpc) is 2.86. The van der Waals surface area contributed by atoms with E-state index in [2.05, 4.69) is 0 Å². The van der Waals surface area contributed by atoms with Crippen LogP contribution < -0.4 is 9.47 Å². The quantitative estimate of drug-likeness (QED) is 0.245. The van der Waals surface area contributed by atoms with Gasteiger partial charge in [0.1, 0.15) is 30.3 Å². The number of hydrogen-bond acceptors (Lipinski definition) is 4. The van der Waals surface area contributed by atoms with E-state index in [9.17, 15) is 14.7 Å². The molecule has 0 atom stereocenters. The number of carbonyl (C=O) groups is 2. The highest BCUT2D eigenvalue weighted by atomic mass is 35.5. The van der Waals surface area contributed by atoms with E-state index >= 15 is 0 Å². The lowest BCUT2D eigenvalue weighted by Crippen LogP contribution is -2.12. The zero-order valence-corrected chi connectivity index (χ0v) is 19.9. The van der Waals surface area contributed by atoms with Crippen LogP contribution in [0.5, 0.6) is 11.5 Å². The minimum atomic E-state index is -1.19. The predicted molar refractivity (Wildman–Crippen MR) is 135 cm³/mol.